The van der Waals surface area contributed by atoms with Crippen LogP contribution < -0.4 is 16.0 Å². The van der Waals surface area contributed by atoms with Gasteiger partial charge in [-0.3, -0.25) is 14.9 Å². The van der Waals surface area contributed by atoms with Crippen molar-refractivity contribution in [3.63, 3.8) is 0 Å². The third-order valence-corrected chi connectivity index (χ3v) is 5.22. The number of amides is 2. The van der Waals surface area contributed by atoms with Crippen molar-refractivity contribution in [3.05, 3.63) is 87.9 Å². The van der Waals surface area contributed by atoms with Crippen LogP contribution in [0.1, 0.15) is 22.0 Å². The monoisotopic (exact) mass is 411 g/mol. The van der Waals surface area contributed by atoms with Crippen molar-refractivity contribution in [2.24, 2.45) is 0 Å². The largest absolute Gasteiger partial charge is 0.346 e. The summed E-state index contributed by atoms with van der Waals surface area (Å²) in [7, 11) is 0. The summed E-state index contributed by atoms with van der Waals surface area (Å²) in [5, 5.41) is 10.5. The summed E-state index contributed by atoms with van der Waals surface area (Å²) in [5.41, 5.74) is 2.71. The molecule has 0 spiro atoms. The number of hydrogen-bond acceptors (Lipinski definition) is 4. The maximum atomic E-state index is 12.9. The van der Waals surface area contributed by atoms with Crippen LogP contribution in [-0.4, -0.2) is 24.9 Å². The highest BCUT2D eigenvalue weighted by atomic mass is 32.1. The fourth-order valence-electron chi connectivity index (χ4n) is 2.77. The van der Waals surface area contributed by atoms with E-state index in [9.17, 15) is 14.0 Å². The smallest absolute Gasteiger partial charge is 0.243 e. The number of anilines is 1. The number of aryl methyl sites for hydroxylation is 1. The van der Waals surface area contributed by atoms with Crippen LogP contribution in [-0.2, 0) is 9.59 Å². The molecule has 1 unspecified atom stereocenters. The molecule has 2 amide bonds. The van der Waals surface area contributed by atoms with Crippen molar-refractivity contribution in [2.45, 2.75) is 13.0 Å². The zero-order valence-electron chi connectivity index (χ0n) is 15.9. The van der Waals surface area contributed by atoms with E-state index < -0.39 is 0 Å². The first-order valence-electron chi connectivity index (χ1n) is 9.17. The summed E-state index contributed by atoms with van der Waals surface area (Å²) >= 11 is 1.62. The highest BCUT2D eigenvalue weighted by Gasteiger charge is 2.16. The molecular formula is C22H22FN3O2S. The van der Waals surface area contributed by atoms with Crippen LogP contribution in [0.2, 0.25) is 0 Å². The summed E-state index contributed by atoms with van der Waals surface area (Å²) in [6, 6.07) is 17.5. The van der Waals surface area contributed by atoms with Gasteiger partial charge in [-0.15, -0.1) is 11.3 Å². The van der Waals surface area contributed by atoms with Gasteiger partial charge in [-0.1, -0.05) is 35.9 Å². The van der Waals surface area contributed by atoms with E-state index >= 15 is 0 Å². The zero-order chi connectivity index (χ0) is 20.6. The summed E-state index contributed by atoms with van der Waals surface area (Å²) in [4.78, 5) is 25.3. The number of carbonyl (C=O) groups excluding carboxylic acids is 2. The molecule has 0 saturated carbocycles. The molecule has 150 valence electrons. The second-order valence-electron chi connectivity index (χ2n) is 6.57. The highest BCUT2D eigenvalue weighted by molar-refractivity contribution is 7.10. The van der Waals surface area contributed by atoms with E-state index in [0.717, 1.165) is 10.4 Å². The first-order valence-corrected chi connectivity index (χ1v) is 10.0. The van der Waals surface area contributed by atoms with Crippen molar-refractivity contribution in [3.8, 4) is 0 Å². The van der Waals surface area contributed by atoms with Crippen molar-refractivity contribution in [1.29, 1.82) is 0 Å². The van der Waals surface area contributed by atoms with Gasteiger partial charge < -0.3 is 10.6 Å². The first kappa shape index (κ1) is 20.7. The quantitative estimate of drug-likeness (QED) is 0.530. The lowest BCUT2D eigenvalue weighted by Gasteiger charge is -2.18. The van der Waals surface area contributed by atoms with Crippen LogP contribution in [0.5, 0.6) is 0 Å². The fourth-order valence-corrected chi connectivity index (χ4v) is 3.60. The van der Waals surface area contributed by atoms with Crippen molar-refractivity contribution >= 4 is 28.8 Å². The third-order valence-electron chi connectivity index (χ3n) is 4.28. The van der Waals surface area contributed by atoms with Gasteiger partial charge in [0.05, 0.1) is 19.1 Å². The Bertz CT molecular complexity index is 941. The minimum atomic E-state index is -0.378. The minimum Gasteiger partial charge on any atom is -0.346 e. The number of hydrogen-bond donors (Lipinski definition) is 3. The number of halogens is 1. The molecule has 0 saturated heterocycles. The number of carbonyl (C=O) groups is 2. The Morgan fingerprint density at radius 3 is 2.34 bits per heavy atom. The van der Waals surface area contributed by atoms with Crippen LogP contribution in [0.25, 0.3) is 0 Å². The topological polar surface area (TPSA) is 70.2 Å². The summed E-state index contributed by atoms with van der Waals surface area (Å²) in [6.45, 7) is 1.94. The van der Waals surface area contributed by atoms with Gasteiger partial charge in [-0.2, -0.15) is 0 Å². The standard InChI is InChI=1S/C22H22FN3O2S/c1-15-4-6-16(7-5-15)22(19-3-2-12-29-19)25-13-20(27)24-14-21(28)26-18-10-8-17(23)9-11-18/h2-12,22,25H,13-14H2,1H3,(H,24,27)(H,26,28). The molecule has 0 radical (unpaired) electrons. The minimum absolute atomic E-state index is 0.0697. The van der Waals surface area contributed by atoms with Crippen LogP contribution in [0.3, 0.4) is 0 Å². The van der Waals surface area contributed by atoms with E-state index in [1.807, 2.05) is 48.7 Å². The molecule has 2 aromatic carbocycles. The molecule has 29 heavy (non-hydrogen) atoms. The van der Waals surface area contributed by atoms with Gasteiger partial charge in [0, 0.05) is 10.6 Å². The SMILES string of the molecule is Cc1ccc(C(NCC(=O)NCC(=O)Nc2ccc(F)cc2)c2cccs2)cc1. The molecule has 0 bridgehead atoms. The summed E-state index contributed by atoms with van der Waals surface area (Å²) in [6.07, 6.45) is 0. The van der Waals surface area contributed by atoms with E-state index in [1.165, 1.54) is 29.8 Å². The summed E-state index contributed by atoms with van der Waals surface area (Å²) < 4.78 is 12.9. The number of rotatable bonds is 8. The molecule has 3 rings (SSSR count). The van der Waals surface area contributed by atoms with Gasteiger partial charge in [-0.25, -0.2) is 4.39 Å². The Labute approximate surface area is 173 Å². The molecule has 3 N–H and O–H groups in total. The van der Waals surface area contributed by atoms with Crippen molar-refractivity contribution < 1.29 is 14.0 Å². The van der Waals surface area contributed by atoms with Crippen molar-refractivity contribution in [1.82, 2.24) is 10.6 Å². The Hall–Kier alpha value is -3.03. The van der Waals surface area contributed by atoms with Crippen LogP contribution in [0.15, 0.2) is 66.0 Å². The van der Waals surface area contributed by atoms with Gasteiger partial charge in [0.2, 0.25) is 11.8 Å². The molecule has 0 fully saturated rings. The number of thiophene rings is 1. The van der Waals surface area contributed by atoms with E-state index in [1.54, 1.807) is 11.3 Å². The lowest BCUT2D eigenvalue weighted by atomic mass is 10.0. The number of benzene rings is 2. The van der Waals surface area contributed by atoms with Gasteiger partial charge in [0.25, 0.3) is 0 Å². The molecule has 1 aromatic heterocycles. The van der Waals surface area contributed by atoms with Gasteiger partial charge in [0.1, 0.15) is 5.82 Å². The normalized spacial score (nSPS) is 11.7. The summed E-state index contributed by atoms with van der Waals surface area (Å²) in [5.74, 6) is -1.04. The van der Waals surface area contributed by atoms with Crippen LogP contribution >= 0.6 is 11.3 Å². The second kappa shape index (κ2) is 9.95. The fraction of sp³-hybridized carbons (Fsp3) is 0.182. The van der Waals surface area contributed by atoms with E-state index in [2.05, 4.69) is 16.0 Å². The molecule has 1 atom stereocenters. The van der Waals surface area contributed by atoms with Gasteiger partial charge in [-0.05, 0) is 48.2 Å². The Morgan fingerprint density at radius 1 is 0.966 bits per heavy atom. The lowest BCUT2D eigenvalue weighted by molar-refractivity contribution is -0.123. The maximum absolute atomic E-state index is 12.9. The zero-order valence-corrected chi connectivity index (χ0v) is 16.8. The van der Waals surface area contributed by atoms with E-state index in [-0.39, 0.29) is 36.8 Å². The van der Waals surface area contributed by atoms with Gasteiger partial charge in [0.15, 0.2) is 0 Å². The molecule has 3 aromatic rings. The average molecular weight is 412 g/mol. The van der Waals surface area contributed by atoms with E-state index in [4.69, 9.17) is 0 Å². The average Bonchev–Trinajstić information content (AvgIpc) is 3.24. The first-order chi connectivity index (χ1) is 14.0. The number of nitrogens with one attached hydrogen (secondary N) is 3. The molecule has 7 heteroatoms. The predicted molar refractivity (Wildman–Crippen MR) is 113 cm³/mol. The van der Waals surface area contributed by atoms with Gasteiger partial charge >= 0.3 is 0 Å². The molecule has 1 heterocycles. The van der Waals surface area contributed by atoms with E-state index in [0.29, 0.717) is 5.69 Å². The lowest BCUT2D eigenvalue weighted by Crippen LogP contribution is -2.39. The molecule has 0 aliphatic carbocycles. The Kier molecular flexibility index (Phi) is 7.10. The Morgan fingerprint density at radius 2 is 1.69 bits per heavy atom. The van der Waals surface area contributed by atoms with Crippen molar-refractivity contribution in [2.75, 3.05) is 18.4 Å². The Balaban J connectivity index is 1.51. The molecule has 0 aliphatic rings. The predicted octanol–water partition coefficient (Wildman–Crippen LogP) is 3.63. The molecular weight excluding hydrogens is 389 g/mol. The van der Waals surface area contributed by atoms with Crippen LogP contribution in [0.4, 0.5) is 10.1 Å². The molecule has 5 nitrogen and oxygen atoms in total. The second-order valence-corrected chi connectivity index (χ2v) is 7.55. The molecule has 0 aliphatic heterocycles. The third kappa shape index (κ3) is 6.23. The maximum Gasteiger partial charge on any atom is 0.243 e. The van der Waals surface area contributed by atoms with Crippen LogP contribution in [0, 0.1) is 12.7 Å². The highest BCUT2D eigenvalue weighted by Crippen LogP contribution is 2.26.